The number of guanidine groups is 1. The number of benzene rings is 1. The topological polar surface area (TPSA) is 57.5 Å². The van der Waals surface area contributed by atoms with Crippen LogP contribution in [0.3, 0.4) is 0 Å². The monoisotopic (exact) mass is 484 g/mol. The molecule has 0 bridgehead atoms. The summed E-state index contributed by atoms with van der Waals surface area (Å²) in [6, 6.07) is 12.9. The van der Waals surface area contributed by atoms with E-state index in [0.717, 1.165) is 45.2 Å². The molecule has 0 aliphatic rings. The fraction of sp³-hybridized carbons (Fsp3) is 0.500. The maximum absolute atomic E-state index is 4.85. The van der Waals surface area contributed by atoms with Crippen molar-refractivity contribution in [2.45, 2.75) is 33.4 Å². The van der Waals surface area contributed by atoms with Crippen LogP contribution in [0.1, 0.15) is 32.4 Å². The van der Waals surface area contributed by atoms with Crippen LogP contribution in [-0.2, 0) is 6.54 Å². The number of likely N-dealkylation sites (N-methyl/N-ethyl adjacent to an activating group) is 1. The van der Waals surface area contributed by atoms with Crippen molar-refractivity contribution in [3.8, 4) is 0 Å². The van der Waals surface area contributed by atoms with Gasteiger partial charge in [0.05, 0.1) is 19.1 Å². The molecule has 6 nitrogen and oxygen atoms in total. The fourth-order valence-electron chi connectivity index (χ4n) is 3.01. The molecule has 2 N–H and O–H groups in total. The number of hydrogen-bond donors (Lipinski definition) is 2. The molecule has 0 spiro atoms. The largest absolute Gasteiger partial charge is 0.357 e. The molecule has 1 aromatic carbocycles. The van der Waals surface area contributed by atoms with Gasteiger partial charge in [0.1, 0.15) is 0 Å². The van der Waals surface area contributed by atoms with E-state index in [9.17, 15) is 0 Å². The third-order valence-corrected chi connectivity index (χ3v) is 4.40. The molecular formula is C20H33IN6. The predicted octanol–water partition coefficient (Wildman–Crippen LogP) is 3.14. The van der Waals surface area contributed by atoms with Crippen LogP contribution in [-0.4, -0.2) is 53.4 Å². The van der Waals surface area contributed by atoms with E-state index in [-0.39, 0.29) is 30.0 Å². The first kappa shape index (κ1) is 23.4. The van der Waals surface area contributed by atoms with Crippen LogP contribution in [0.25, 0.3) is 0 Å². The van der Waals surface area contributed by atoms with Gasteiger partial charge < -0.3 is 10.6 Å². The molecule has 0 saturated carbocycles. The van der Waals surface area contributed by atoms with Crippen molar-refractivity contribution < 1.29 is 0 Å². The van der Waals surface area contributed by atoms with Gasteiger partial charge in [-0.25, -0.2) is 0 Å². The first-order chi connectivity index (χ1) is 12.8. The summed E-state index contributed by atoms with van der Waals surface area (Å²) in [5, 5.41) is 11.0. The molecule has 150 valence electrons. The quantitative estimate of drug-likeness (QED) is 0.309. The lowest BCUT2D eigenvalue weighted by atomic mass is 10.1. The molecule has 2 rings (SSSR count). The Morgan fingerprint density at radius 2 is 1.85 bits per heavy atom. The second-order valence-electron chi connectivity index (χ2n) is 6.06. The molecule has 27 heavy (non-hydrogen) atoms. The minimum atomic E-state index is 0. The zero-order valence-electron chi connectivity index (χ0n) is 16.6. The number of nitrogens with zero attached hydrogens (tertiary/aromatic N) is 4. The Kier molecular flexibility index (Phi) is 11.8. The predicted molar refractivity (Wildman–Crippen MR) is 124 cm³/mol. The van der Waals surface area contributed by atoms with Gasteiger partial charge in [-0.05, 0) is 31.6 Å². The van der Waals surface area contributed by atoms with Crippen LogP contribution in [0.2, 0.25) is 0 Å². The maximum Gasteiger partial charge on any atom is 0.191 e. The van der Waals surface area contributed by atoms with Crippen LogP contribution in [0.5, 0.6) is 0 Å². The van der Waals surface area contributed by atoms with Crippen LogP contribution in [0.15, 0.2) is 53.8 Å². The summed E-state index contributed by atoms with van der Waals surface area (Å²) in [6.07, 6.45) is 3.77. The van der Waals surface area contributed by atoms with Gasteiger partial charge in [0, 0.05) is 25.5 Å². The van der Waals surface area contributed by atoms with Crippen LogP contribution < -0.4 is 10.6 Å². The molecule has 0 radical (unpaired) electrons. The van der Waals surface area contributed by atoms with Gasteiger partial charge in [-0.15, -0.1) is 24.0 Å². The maximum atomic E-state index is 4.85. The normalized spacial score (nSPS) is 12.5. The molecule has 1 aromatic heterocycles. The van der Waals surface area contributed by atoms with Crippen molar-refractivity contribution in [2.75, 3.05) is 32.7 Å². The second kappa shape index (κ2) is 13.5. The zero-order valence-corrected chi connectivity index (χ0v) is 19.0. The highest BCUT2D eigenvalue weighted by Gasteiger charge is 2.17. The van der Waals surface area contributed by atoms with Crippen LogP contribution in [0.4, 0.5) is 0 Å². The first-order valence-corrected chi connectivity index (χ1v) is 9.57. The van der Waals surface area contributed by atoms with Gasteiger partial charge >= 0.3 is 0 Å². The van der Waals surface area contributed by atoms with Crippen LogP contribution in [0, 0.1) is 0 Å². The Balaban J connectivity index is 0.00000364. The zero-order chi connectivity index (χ0) is 18.6. The van der Waals surface area contributed by atoms with Crippen molar-refractivity contribution in [3.05, 3.63) is 54.4 Å². The Labute approximate surface area is 180 Å². The minimum absolute atomic E-state index is 0. The number of aliphatic imine (C=N–C) groups is 1. The van der Waals surface area contributed by atoms with Gasteiger partial charge in [0.2, 0.25) is 0 Å². The highest BCUT2D eigenvalue weighted by Crippen LogP contribution is 2.20. The summed E-state index contributed by atoms with van der Waals surface area (Å²) in [5.41, 5.74) is 1.31. The average molecular weight is 484 g/mol. The average Bonchev–Trinajstić information content (AvgIpc) is 3.19. The summed E-state index contributed by atoms with van der Waals surface area (Å²) in [5.74, 6) is 0.854. The molecular weight excluding hydrogens is 451 g/mol. The minimum Gasteiger partial charge on any atom is -0.357 e. The SMILES string of the molecule is CCNC(=NCC(c1ccccc1)N(CC)CC)NCCn1cccn1.I. The first-order valence-electron chi connectivity index (χ1n) is 9.57. The van der Waals surface area contributed by atoms with E-state index in [1.54, 1.807) is 6.20 Å². The fourth-order valence-corrected chi connectivity index (χ4v) is 3.01. The van der Waals surface area contributed by atoms with E-state index in [2.05, 4.69) is 71.7 Å². The summed E-state index contributed by atoms with van der Waals surface area (Å²) in [6.45, 7) is 11.7. The summed E-state index contributed by atoms with van der Waals surface area (Å²) < 4.78 is 1.92. The molecule has 0 aliphatic heterocycles. The second-order valence-corrected chi connectivity index (χ2v) is 6.06. The third-order valence-electron chi connectivity index (χ3n) is 4.40. The van der Waals surface area contributed by atoms with Gasteiger partial charge in [0.15, 0.2) is 5.96 Å². The molecule has 0 amide bonds. The van der Waals surface area contributed by atoms with Crippen molar-refractivity contribution in [3.63, 3.8) is 0 Å². The Morgan fingerprint density at radius 1 is 1.11 bits per heavy atom. The third kappa shape index (κ3) is 7.88. The Bertz CT molecular complexity index is 625. The van der Waals surface area contributed by atoms with E-state index < -0.39 is 0 Å². The Hall–Kier alpha value is -1.61. The van der Waals surface area contributed by atoms with Crippen molar-refractivity contribution in [1.82, 2.24) is 25.3 Å². The lowest BCUT2D eigenvalue weighted by Gasteiger charge is -2.29. The number of aromatic nitrogens is 2. The molecule has 0 fully saturated rings. The number of rotatable bonds is 10. The molecule has 1 unspecified atom stereocenters. The Morgan fingerprint density at radius 3 is 2.44 bits per heavy atom. The lowest BCUT2D eigenvalue weighted by molar-refractivity contribution is 0.224. The van der Waals surface area contributed by atoms with E-state index in [4.69, 9.17) is 4.99 Å². The van der Waals surface area contributed by atoms with Gasteiger partial charge in [-0.1, -0.05) is 44.2 Å². The van der Waals surface area contributed by atoms with Gasteiger partial charge in [-0.3, -0.25) is 14.6 Å². The molecule has 2 aromatic rings. The molecule has 1 atom stereocenters. The number of halogens is 1. The van der Waals surface area contributed by atoms with Gasteiger partial charge in [-0.2, -0.15) is 5.10 Å². The van der Waals surface area contributed by atoms with Crippen molar-refractivity contribution in [1.29, 1.82) is 0 Å². The molecule has 0 aliphatic carbocycles. The van der Waals surface area contributed by atoms with Gasteiger partial charge in [0.25, 0.3) is 0 Å². The van der Waals surface area contributed by atoms with Crippen molar-refractivity contribution in [2.24, 2.45) is 4.99 Å². The lowest BCUT2D eigenvalue weighted by Crippen LogP contribution is -2.40. The van der Waals surface area contributed by atoms with E-state index in [0.29, 0.717) is 0 Å². The summed E-state index contributed by atoms with van der Waals surface area (Å²) >= 11 is 0. The van der Waals surface area contributed by atoms with Crippen LogP contribution >= 0.6 is 24.0 Å². The number of nitrogens with one attached hydrogen (secondary N) is 2. The molecule has 7 heteroatoms. The van der Waals surface area contributed by atoms with E-state index in [1.165, 1.54) is 5.56 Å². The van der Waals surface area contributed by atoms with Crippen molar-refractivity contribution >= 4 is 29.9 Å². The highest BCUT2D eigenvalue weighted by atomic mass is 127. The number of hydrogen-bond acceptors (Lipinski definition) is 3. The summed E-state index contributed by atoms with van der Waals surface area (Å²) in [7, 11) is 0. The standard InChI is InChI=1S/C20H32N6.HI/c1-4-21-20(22-14-16-26-15-10-13-24-26)23-17-19(25(5-2)6-3)18-11-8-7-9-12-18;/h7-13,15,19H,4-6,14,16-17H2,1-3H3,(H2,21,22,23);1H. The summed E-state index contributed by atoms with van der Waals surface area (Å²) in [4.78, 5) is 7.30. The highest BCUT2D eigenvalue weighted by molar-refractivity contribution is 14.0. The van der Waals surface area contributed by atoms with E-state index in [1.807, 2.05) is 16.9 Å². The molecule has 1 heterocycles. The van der Waals surface area contributed by atoms with E-state index >= 15 is 0 Å². The molecule has 0 saturated heterocycles. The smallest absolute Gasteiger partial charge is 0.191 e.